The Balaban J connectivity index is 2.43. The van der Waals surface area contributed by atoms with Crippen LogP contribution in [0.5, 0.6) is 0 Å². The van der Waals surface area contributed by atoms with Crippen LogP contribution in [0.4, 0.5) is 4.79 Å². The van der Waals surface area contributed by atoms with Crippen LogP contribution in [0.15, 0.2) is 6.33 Å². The maximum Gasteiger partial charge on any atom is 0.334 e. The molecule has 0 unspecified atom stereocenters. The number of amides is 3. The zero-order valence-electron chi connectivity index (χ0n) is 6.44. The number of fused-ring (bicyclic) bond motifs is 1. The molecule has 0 saturated heterocycles. The Bertz CT molecular complexity index is 374. The van der Waals surface area contributed by atoms with Crippen LogP contribution in [0.1, 0.15) is 16.2 Å². The third-order valence-electron chi connectivity index (χ3n) is 1.70. The van der Waals surface area contributed by atoms with Crippen LogP contribution < -0.4 is 5.32 Å². The minimum atomic E-state index is -0.542. The molecule has 1 aliphatic heterocycles. The maximum atomic E-state index is 11.2. The van der Waals surface area contributed by atoms with Gasteiger partial charge in [0.05, 0.1) is 18.6 Å². The number of rotatable bonds is 0. The zero-order chi connectivity index (χ0) is 9.42. The number of aromatic nitrogens is 2. The molecule has 0 fully saturated rings. The van der Waals surface area contributed by atoms with Gasteiger partial charge in [-0.1, -0.05) is 12.8 Å². The molecule has 0 atom stereocenters. The van der Waals surface area contributed by atoms with Gasteiger partial charge in [-0.25, -0.2) is 9.78 Å². The van der Waals surface area contributed by atoms with Gasteiger partial charge in [-0.15, -0.1) is 0 Å². The molecule has 2 heterocycles. The lowest BCUT2D eigenvalue weighted by molar-refractivity contribution is 0.0959. The van der Waals surface area contributed by atoms with Crippen molar-refractivity contribution in [2.45, 2.75) is 6.54 Å². The lowest BCUT2D eigenvalue weighted by atomic mass is 10.3. The molecule has 0 aromatic carbocycles. The third-order valence-corrected chi connectivity index (χ3v) is 2.02. The van der Waals surface area contributed by atoms with Crippen molar-refractivity contribution < 1.29 is 9.59 Å². The summed E-state index contributed by atoms with van der Waals surface area (Å²) in [5.74, 6) is -0.502. The summed E-state index contributed by atoms with van der Waals surface area (Å²) in [5.41, 5.74) is 0.822. The number of imidazole rings is 1. The number of hydrogen-bond donors (Lipinski definition) is 3. The van der Waals surface area contributed by atoms with E-state index < -0.39 is 11.9 Å². The number of aromatic amines is 1. The van der Waals surface area contributed by atoms with Crippen molar-refractivity contribution in [2.75, 3.05) is 0 Å². The molecule has 0 radical (unpaired) electrons. The summed E-state index contributed by atoms with van der Waals surface area (Å²) in [6, 6.07) is -0.542. The van der Waals surface area contributed by atoms with Crippen LogP contribution in [0.25, 0.3) is 0 Å². The van der Waals surface area contributed by atoms with Gasteiger partial charge in [-0.3, -0.25) is 14.4 Å². The van der Waals surface area contributed by atoms with Gasteiger partial charge in [0, 0.05) is 0 Å². The van der Waals surface area contributed by atoms with Crippen LogP contribution in [0.3, 0.4) is 0 Å². The first-order valence-electron chi connectivity index (χ1n) is 3.52. The average molecular weight is 198 g/mol. The first-order valence-corrected chi connectivity index (χ1v) is 3.92. The molecule has 2 N–H and O–H groups in total. The Kier molecular flexibility index (Phi) is 1.73. The lowest BCUT2D eigenvalue weighted by Gasteiger charge is -2.09. The molecule has 7 heteroatoms. The standard InChI is InChI=1S/C6H6N4O2S/c11-5-4-3(7-2-8-4)1-10(13)6(12)9-5/h2,13H,1H2,(H,7,8)(H,9,11,12). The fraction of sp³-hybridized carbons (Fsp3) is 0.167. The highest BCUT2D eigenvalue weighted by Gasteiger charge is 2.25. The first kappa shape index (κ1) is 8.11. The van der Waals surface area contributed by atoms with Crippen molar-refractivity contribution in [1.82, 2.24) is 19.6 Å². The van der Waals surface area contributed by atoms with Gasteiger partial charge in [0.15, 0.2) is 5.69 Å². The second kappa shape index (κ2) is 2.77. The van der Waals surface area contributed by atoms with Crippen LogP contribution in [0.2, 0.25) is 0 Å². The van der Waals surface area contributed by atoms with E-state index in [4.69, 9.17) is 0 Å². The summed E-state index contributed by atoms with van der Waals surface area (Å²) in [6.07, 6.45) is 1.40. The molecule has 0 aliphatic carbocycles. The molecule has 68 valence electrons. The van der Waals surface area contributed by atoms with Crippen LogP contribution in [0, 0.1) is 0 Å². The summed E-state index contributed by atoms with van der Waals surface area (Å²) in [4.78, 5) is 28.9. The topological polar surface area (TPSA) is 78.1 Å². The highest BCUT2D eigenvalue weighted by molar-refractivity contribution is 7.78. The number of urea groups is 1. The number of carbonyl (C=O) groups excluding carboxylic acids is 2. The Morgan fingerprint density at radius 3 is 3.08 bits per heavy atom. The molecule has 6 nitrogen and oxygen atoms in total. The van der Waals surface area contributed by atoms with E-state index in [1.54, 1.807) is 0 Å². The van der Waals surface area contributed by atoms with Crippen LogP contribution in [-0.4, -0.2) is 26.2 Å². The molecule has 1 aromatic heterocycles. The summed E-state index contributed by atoms with van der Waals surface area (Å²) < 4.78 is 1.10. The second-order valence-electron chi connectivity index (χ2n) is 2.55. The van der Waals surface area contributed by atoms with E-state index in [2.05, 4.69) is 28.1 Å². The number of thiol groups is 1. The zero-order valence-corrected chi connectivity index (χ0v) is 7.34. The monoisotopic (exact) mass is 198 g/mol. The lowest BCUT2D eigenvalue weighted by Crippen LogP contribution is -2.35. The van der Waals surface area contributed by atoms with Crippen molar-refractivity contribution in [3.05, 3.63) is 17.7 Å². The Hall–Kier alpha value is -1.50. The van der Waals surface area contributed by atoms with Crippen molar-refractivity contribution in [1.29, 1.82) is 0 Å². The summed E-state index contributed by atoms with van der Waals surface area (Å²) >= 11 is 3.89. The molecule has 0 bridgehead atoms. The number of imide groups is 1. The van der Waals surface area contributed by atoms with E-state index in [0.717, 1.165) is 4.31 Å². The number of hydrogen-bond acceptors (Lipinski definition) is 4. The van der Waals surface area contributed by atoms with Crippen molar-refractivity contribution >= 4 is 24.8 Å². The first-order chi connectivity index (χ1) is 6.18. The molecular weight excluding hydrogens is 192 g/mol. The Labute approximate surface area is 78.9 Å². The average Bonchev–Trinajstić information content (AvgIpc) is 2.48. The quantitative estimate of drug-likeness (QED) is 0.510. The highest BCUT2D eigenvalue weighted by atomic mass is 32.1. The van der Waals surface area contributed by atoms with Gasteiger partial charge >= 0.3 is 6.03 Å². The Morgan fingerprint density at radius 1 is 1.54 bits per heavy atom. The van der Waals surface area contributed by atoms with E-state index in [1.807, 2.05) is 0 Å². The second-order valence-corrected chi connectivity index (χ2v) is 3.03. The van der Waals surface area contributed by atoms with Gasteiger partial charge < -0.3 is 4.98 Å². The van der Waals surface area contributed by atoms with Gasteiger partial charge in [-0.2, -0.15) is 0 Å². The summed E-state index contributed by atoms with van der Waals surface area (Å²) in [5, 5.41) is 2.12. The van der Waals surface area contributed by atoms with E-state index in [1.165, 1.54) is 6.33 Å². The van der Waals surface area contributed by atoms with Gasteiger partial charge in [-0.05, 0) is 0 Å². The van der Waals surface area contributed by atoms with Gasteiger partial charge in [0.25, 0.3) is 5.91 Å². The smallest absolute Gasteiger partial charge is 0.334 e. The number of H-pyrrole nitrogens is 1. The molecule has 13 heavy (non-hydrogen) atoms. The van der Waals surface area contributed by atoms with Gasteiger partial charge in [0.1, 0.15) is 0 Å². The summed E-state index contributed by atoms with van der Waals surface area (Å²) in [6.45, 7) is 0.232. The van der Waals surface area contributed by atoms with Crippen molar-refractivity contribution in [3.8, 4) is 0 Å². The SMILES string of the molecule is O=C1NC(=O)N(S)Cc2[nH]cnc21. The van der Waals surface area contributed by atoms with E-state index in [0.29, 0.717) is 5.69 Å². The molecule has 0 saturated carbocycles. The van der Waals surface area contributed by atoms with Crippen molar-refractivity contribution in [2.24, 2.45) is 0 Å². The number of carbonyl (C=O) groups is 2. The highest BCUT2D eigenvalue weighted by Crippen LogP contribution is 2.12. The predicted molar refractivity (Wildman–Crippen MR) is 46.0 cm³/mol. The normalized spacial score (nSPS) is 16.5. The third kappa shape index (κ3) is 1.26. The van der Waals surface area contributed by atoms with Crippen LogP contribution >= 0.6 is 12.8 Å². The fourth-order valence-electron chi connectivity index (χ4n) is 1.08. The van der Waals surface area contributed by atoms with Crippen molar-refractivity contribution in [3.63, 3.8) is 0 Å². The molecule has 1 aromatic rings. The molecule has 2 rings (SSSR count). The predicted octanol–water partition coefficient (Wildman–Crippen LogP) is -0.0801. The maximum absolute atomic E-state index is 11.2. The Morgan fingerprint density at radius 2 is 2.31 bits per heavy atom. The number of nitrogens with one attached hydrogen (secondary N) is 2. The molecule has 1 aliphatic rings. The summed E-state index contributed by atoms with van der Waals surface area (Å²) in [7, 11) is 0. The van der Waals surface area contributed by atoms with Crippen LogP contribution in [-0.2, 0) is 6.54 Å². The van der Waals surface area contributed by atoms with E-state index in [-0.39, 0.29) is 12.2 Å². The fourth-order valence-corrected chi connectivity index (χ4v) is 1.27. The van der Waals surface area contributed by atoms with E-state index >= 15 is 0 Å². The van der Waals surface area contributed by atoms with E-state index in [9.17, 15) is 9.59 Å². The minimum absolute atomic E-state index is 0.232. The van der Waals surface area contributed by atoms with Gasteiger partial charge in [0.2, 0.25) is 0 Å². The molecular formula is C6H6N4O2S. The molecule has 3 amide bonds. The molecule has 0 spiro atoms. The minimum Gasteiger partial charge on any atom is -0.346 e. The largest absolute Gasteiger partial charge is 0.346 e. The number of nitrogens with zero attached hydrogens (tertiary/aromatic N) is 2.